The zero-order valence-corrected chi connectivity index (χ0v) is 9.87. The summed E-state index contributed by atoms with van der Waals surface area (Å²) in [5.41, 5.74) is 8.98. The van der Waals surface area contributed by atoms with Crippen molar-refractivity contribution in [3.05, 3.63) is 48.0 Å². The minimum atomic E-state index is -1.10. The SMILES string of the molecule is NC(=O)C(N)=O.O=C(O)c1ccc2ccccc2c1. The van der Waals surface area contributed by atoms with Crippen LogP contribution in [0.4, 0.5) is 0 Å². The van der Waals surface area contributed by atoms with Crippen LogP contribution in [0, 0.1) is 0 Å². The molecule has 2 amide bonds. The van der Waals surface area contributed by atoms with Crippen LogP contribution in [0.15, 0.2) is 42.5 Å². The predicted molar refractivity (Wildman–Crippen MR) is 69.3 cm³/mol. The number of carboxylic acids is 1. The second kappa shape index (κ2) is 6.15. The molecule has 6 heteroatoms. The number of hydrogen-bond acceptors (Lipinski definition) is 3. The van der Waals surface area contributed by atoms with E-state index in [2.05, 4.69) is 11.5 Å². The van der Waals surface area contributed by atoms with E-state index in [1.165, 1.54) is 0 Å². The fourth-order valence-corrected chi connectivity index (χ4v) is 1.32. The van der Waals surface area contributed by atoms with Crippen LogP contribution >= 0.6 is 0 Å². The van der Waals surface area contributed by atoms with Gasteiger partial charge in [-0.15, -0.1) is 0 Å². The van der Waals surface area contributed by atoms with Crippen LogP contribution in [-0.4, -0.2) is 22.9 Å². The number of hydrogen-bond donors (Lipinski definition) is 3. The Morgan fingerprint density at radius 3 is 1.84 bits per heavy atom. The Hall–Kier alpha value is -2.89. The van der Waals surface area contributed by atoms with Gasteiger partial charge in [0.25, 0.3) is 0 Å². The van der Waals surface area contributed by atoms with E-state index in [1.54, 1.807) is 12.1 Å². The Balaban J connectivity index is 0.000000258. The van der Waals surface area contributed by atoms with Crippen LogP contribution in [0.5, 0.6) is 0 Å². The summed E-state index contributed by atoms with van der Waals surface area (Å²) in [4.78, 5) is 29.5. The monoisotopic (exact) mass is 260 g/mol. The van der Waals surface area contributed by atoms with E-state index in [-0.39, 0.29) is 0 Å². The molecule has 0 saturated heterocycles. The van der Waals surface area contributed by atoms with Gasteiger partial charge in [0, 0.05) is 0 Å². The summed E-state index contributed by atoms with van der Waals surface area (Å²) in [6, 6.07) is 12.8. The van der Waals surface area contributed by atoms with Gasteiger partial charge in [0.15, 0.2) is 0 Å². The van der Waals surface area contributed by atoms with Gasteiger partial charge in [-0.05, 0) is 22.9 Å². The molecule has 0 radical (unpaired) electrons. The summed E-state index contributed by atoms with van der Waals surface area (Å²) in [5, 5.41) is 10.8. The van der Waals surface area contributed by atoms with Crippen molar-refractivity contribution in [2.24, 2.45) is 11.5 Å². The van der Waals surface area contributed by atoms with Crippen LogP contribution in [0.3, 0.4) is 0 Å². The van der Waals surface area contributed by atoms with Gasteiger partial charge in [-0.3, -0.25) is 9.59 Å². The van der Waals surface area contributed by atoms with Gasteiger partial charge in [-0.25, -0.2) is 4.79 Å². The number of fused-ring (bicyclic) bond motifs is 1. The molecule has 0 spiro atoms. The molecule has 19 heavy (non-hydrogen) atoms. The predicted octanol–water partition coefficient (Wildman–Crippen LogP) is 0.495. The molecule has 0 aliphatic rings. The second-order valence-corrected chi connectivity index (χ2v) is 3.60. The summed E-state index contributed by atoms with van der Waals surface area (Å²) in [6.45, 7) is 0. The van der Waals surface area contributed by atoms with Gasteiger partial charge in [0.1, 0.15) is 0 Å². The third-order valence-corrected chi connectivity index (χ3v) is 2.24. The first kappa shape index (κ1) is 14.2. The molecule has 0 saturated carbocycles. The summed E-state index contributed by atoms with van der Waals surface area (Å²) in [6.07, 6.45) is 0. The lowest BCUT2D eigenvalue weighted by Crippen LogP contribution is -2.29. The van der Waals surface area contributed by atoms with E-state index in [0.29, 0.717) is 5.56 Å². The number of rotatable bonds is 1. The highest BCUT2D eigenvalue weighted by atomic mass is 16.4. The van der Waals surface area contributed by atoms with Gasteiger partial charge < -0.3 is 16.6 Å². The van der Waals surface area contributed by atoms with Gasteiger partial charge in [0.2, 0.25) is 0 Å². The fourth-order valence-electron chi connectivity index (χ4n) is 1.32. The minimum Gasteiger partial charge on any atom is -0.478 e. The van der Waals surface area contributed by atoms with E-state index in [1.807, 2.05) is 30.3 Å². The number of nitrogens with two attached hydrogens (primary N) is 2. The smallest absolute Gasteiger partial charge is 0.335 e. The maximum Gasteiger partial charge on any atom is 0.335 e. The molecule has 0 atom stereocenters. The molecule has 2 aromatic carbocycles. The number of carbonyl (C=O) groups excluding carboxylic acids is 2. The van der Waals surface area contributed by atoms with Crippen LogP contribution in [0.25, 0.3) is 10.8 Å². The van der Waals surface area contributed by atoms with Crippen molar-refractivity contribution in [3.63, 3.8) is 0 Å². The average Bonchev–Trinajstić information content (AvgIpc) is 2.38. The van der Waals surface area contributed by atoms with Gasteiger partial charge in [0.05, 0.1) is 5.56 Å². The largest absolute Gasteiger partial charge is 0.478 e. The van der Waals surface area contributed by atoms with Gasteiger partial charge in [-0.2, -0.15) is 0 Å². The Bertz CT molecular complexity index is 625. The second-order valence-electron chi connectivity index (χ2n) is 3.60. The van der Waals surface area contributed by atoms with Crippen LogP contribution in [0.2, 0.25) is 0 Å². The molecule has 98 valence electrons. The molecule has 0 aliphatic heterocycles. The molecule has 0 bridgehead atoms. The molecule has 0 heterocycles. The minimum absolute atomic E-state index is 0.332. The van der Waals surface area contributed by atoms with E-state index >= 15 is 0 Å². The van der Waals surface area contributed by atoms with E-state index in [0.717, 1.165) is 10.8 Å². The molecule has 6 nitrogen and oxygen atoms in total. The first-order chi connectivity index (χ1) is 8.91. The highest BCUT2D eigenvalue weighted by Gasteiger charge is 2.01. The van der Waals surface area contributed by atoms with E-state index in [4.69, 9.17) is 5.11 Å². The van der Waals surface area contributed by atoms with E-state index < -0.39 is 17.8 Å². The summed E-state index contributed by atoms with van der Waals surface area (Å²) in [7, 11) is 0. The lowest BCUT2D eigenvalue weighted by molar-refractivity contribution is -0.135. The number of benzene rings is 2. The third kappa shape index (κ3) is 4.12. The van der Waals surface area contributed by atoms with Crippen molar-refractivity contribution >= 4 is 28.6 Å². The number of carbonyl (C=O) groups is 3. The Kier molecular flexibility index (Phi) is 4.59. The molecule has 0 unspecified atom stereocenters. The van der Waals surface area contributed by atoms with E-state index in [9.17, 15) is 14.4 Å². The average molecular weight is 260 g/mol. The Morgan fingerprint density at radius 1 is 0.842 bits per heavy atom. The molecular formula is C13H12N2O4. The number of primary amides is 2. The van der Waals surface area contributed by atoms with Crippen LogP contribution in [0.1, 0.15) is 10.4 Å². The van der Waals surface area contributed by atoms with Crippen molar-refractivity contribution in [1.82, 2.24) is 0 Å². The summed E-state index contributed by atoms with van der Waals surface area (Å²) >= 11 is 0. The highest BCUT2D eigenvalue weighted by molar-refractivity contribution is 6.33. The zero-order valence-electron chi connectivity index (χ0n) is 9.87. The molecule has 2 rings (SSSR count). The molecular weight excluding hydrogens is 248 g/mol. The summed E-state index contributed by atoms with van der Waals surface area (Å²) in [5.74, 6) is -3.09. The molecule has 0 aliphatic carbocycles. The Morgan fingerprint density at radius 2 is 1.37 bits per heavy atom. The lowest BCUT2D eigenvalue weighted by atomic mass is 10.1. The van der Waals surface area contributed by atoms with Crippen molar-refractivity contribution in [2.75, 3.05) is 0 Å². The fraction of sp³-hybridized carbons (Fsp3) is 0. The normalized spacial score (nSPS) is 9.26. The van der Waals surface area contributed by atoms with Crippen molar-refractivity contribution < 1.29 is 19.5 Å². The highest BCUT2D eigenvalue weighted by Crippen LogP contribution is 2.15. The maximum absolute atomic E-state index is 10.6. The molecule has 0 aromatic heterocycles. The first-order valence-electron chi connectivity index (χ1n) is 5.23. The number of amides is 2. The molecule has 2 aromatic rings. The van der Waals surface area contributed by atoms with Crippen molar-refractivity contribution in [1.29, 1.82) is 0 Å². The standard InChI is InChI=1S/C11H8O2.C2H4N2O2/c12-11(13)10-6-5-8-3-1-2-4-9(8)7-10;3-1(5)2(4)6/h1-7H,(H,12,13);(H2,3,5)(H2,4,6). The Labute approximate surface area is 108 Å². The van der Waals surface area contributed by atoms with Crippen LogP contribution < -0.4 is 11.5 Å². The maximum atomic E-state index is 10.6. The number of carboxylic acid groups (broad SMARTS) is 1. The third-order valence-electron chi connectivity index (χ3n) is 2.24. The van der Waals surface area contributed by atoms with Crippen molar-refractivity contribution in [2.45, 2.75) is 0 Å². The summed E-state index contributed by atoms with van der Waals surface area (Å²) < 4.78 is 0. The molecule has 5 N–H and O–H groups in total. The zero-order chi connectivity index (χ0) is 14.4. The first-order valence-corrected chi connectivity index (χ1v) is 5.23. The van der Waals surface area contributed by atoms with Crippen molar-refractivity contribution in [3.8, 4) is 0 Å². The van der Waals surface area contributed by atoms with Gasteiger partial charge >= 0.3 is 17.8 Å². The van der Waals surface area contributed by atoms with Gasteiger partial charge in [-0.1, -0.05) is 30.3 Å². The quantitative estimate of drug-likeness (QED) is 0.645. The van der Waals surface area contributed by atoms with Crippen LogP contribution in [-0.2, 0) is 9.59 Å². The number of aromatic carboxylic acids is 1. The topological polar surface area (TPSA) is 123 Å². The molecule has 0 fully saturated rings. The lowest BCUT2D eigenvalue weighted by Gasteiger charge is -1.98.